The first-order chi connectivity index (χ1) is 28.6. The summed E-state index contributed by atoms with van der Waals surface area (Å²) < 4.78 is 17.3. The molecule has 0 aromatic rings. The average Bonchev–Trinajstić information content (AvgIpc) is 3.19. The van der Waals surface area contributed by atoms with Crippen molar-refractivity contribution in [3.05, 3.63) is 48.6 Å². The maximum atomic E-state index is 12.8. The van der Waals surface area contributed by atoms with Gasteiger partial charge in [-0.15, -0.1) is 0 Å². The highest BCUT2D eigenvalue weighted by Gasteiger charge is 2.31. The molecule has 0 amide bonds. The van der Waals surface area contributed by atoms with Crippen LogP contribution in [0, 0.1) is 0 Å². The number of nitrogens with zero attached hydrogens (tertiary/aromatic N) is 1. The maximum Gasteiger partial charge on any atom is 0.362 e. The molecule has 0 bridgehead atoms. The Kier molecular flexibility index (Phi) is 40.1. The maximum absolute atomic E-state index is 12.8. The summed E-state index contributed by atoms with van der Waals surface area (Å²) in [6.45, 7) is 4.63. The summed E-state index contributed by atoms with van der Waals surface area (Å²) in [6.07, 6.45) is 50.1. The number of carbonyl (C=O) groups is 3. The zero-order valence-corrected chi connectivity index (χ0v) is 39.0. The minimum Gasteiger partial charge on any atom is -0.477 e. The van der Waals surface area contributed by atoms with Gasteiger partial charge >= 0.3 is 17.9 Å². The van der Waals surface area contributed by atoms with Crippen molar-refractivity contribution >= 4 is 17.9 Å². The van der Waals surface area contributed by atoms with Crippen molar-refractivity contribution in [1.29, 1.82) is 0 Å². The fraction of sp³-hybridized carbons (Fsp3) is 0.784. The van der Waals surface area contributed by atoms with Crippen LogP contribution in [-0.4, -0.2) is 80.6 Å². The molecule has 0 fully saturated rings. The lowest BCUT2D eigenvalue weighted by Gasteiger charge is -2.31. The van der Waals surface area contributed by atoms with Crippen LogP contribution < -0.4 is 0 Å². The Morgan fingerprint density at radius 2 is 0.949 bits per heavy atom. The van der Waals surface area contributed by atoms with Crippen molar-refractivity contribution in [2.45, 2.75) is 219 Å². The quantitative estimate of drug-likeness (QED) is 0.0283. The largest absolute Gasteiger partial charge is 0.477 e. The molecule has 8 nitrogen and oxygen atoms in total. The van der Waals surface area contributed by atoms with Crippen molar-refractivity contribution in [2.75, 3.05) is 41.0 Å². The normalized spacial score (nSPS) is 13.3. The van der Waals surface area contributed by atoms with Crippen molar-refractivity contribution in [3.63, 3.8) is 0 Å². The van der Waals surface area contributed by atoms with E-state index in [0.717, 1.165) is 77.0 Å². The molecular weight excluding hydrogens is 739 g/mol. The van der Waals surface area contributed by atoms with Gasteiger partial charge in [0.05, 0.1) is 34.4 Å². The van der Waals surface area contributed by atoms with E-state index >= 15 is 0 Å². The van der Waals surface area contributed by atoms with Crippen LogP contribution in [0.15, 0.2) is 48.6 Å². The van der Waals surface area contributed by atoms with Gasteiger partial charge in [0.1, 0.15) is 6.61 Å². The van der Waals surface area contributed by atoms with Crippen LogP contribution in [0.1, 0.15) is 206 Å². The number of carboxylic acids is 1. The third-order valence-electron chi connectivity index (χ3n) is 10.7. The number of aliphatic carboxylic acids is 1. The summed E-state index contributed by atoms with van der Waals surface area (Å²) in [6, 6.07) is -0.617. The molecule has 0 rings (SSSR count). The van der Waals surface area contributed by atoms with Crippen LogP contribution in [0.4, 0.5) is 0 Å². The number of quaternary nitrogens is 1. The molecule has 0 radical (unpaired) electrons. The minimum absolute atomic E-state index is 0.0552. The molecular formula is C51H92NO7+. The van der Waals surface area contributed by atoms with Gasteiger partial charge in [0, 0.05) is 19.3 Å². The first-order valence-corrected chi connectivity index (χ1v) is 24.2. The van der Waals surface area contributed by atoms with Crippen LogP contribution in [0.5, 0.6) is 0 Å². The van der Waals surface area contributed by atoms with Gasteiger partial charge in [-0.3, -0.25) is 9.59 Å². The van der Waals surface area contributed by atoms with Crippen LogP contribution in [0.3, 0.4) is 0 Å². The number of allylic oxidation sites excluding steroid dienone is 8. The average molecular weight is 831 g/mol. The third kappa shape index (κ3) is 40.5. The standard InChI is InChI=1S/C51H91NO7/c1-6-8-10-12-14-16-18-20-22-24-25-26-28-30-32-34-36-38-40-42-50(54)59-47(45-57-44-43-48(51(55)56)52(3,4)5)46-58-49(53)41-39-37-35-33-31-29-27-23-21-19-17-15-13-11-9-7-2/h8,10,14,16,20,22,25-26,47-48H,6-7,9,11-13,15,17-19,21,23-24,27-46H2,1-5H3/p+1/b10-8+,16-14+,22-20+,26-25+. The molecule has 59 heavy (non-hydrogen) atoms. The fourth-order valence-corrected chi connectivity index (χ4v) is 7.02. The van der Waals surface area contributed by atoms with Gasteiger partial charge in [0.15, 0.2) is 12.1 Å². The van der Waals surface area contributed by atoms with Gasteiger partial charge in [-0.25, -0.2) is 4.79 Å². The van der Waals surface area contributed by atoms with E-state index in [9.17, 15) is 19.5 Å². The van der Waals surface area contributed by atoms with Crippen molar-refractivity contribution in [1.82, 2.24) is 0 Å². The van der Waals surface area contributed by atoms with E-state index in [1.54, 1.807) is 0 Å². The Labute approximate surface area is 363 Å². The second-order valence-electron chi connectivity index (χ2n) is 17.3. The summed E-state index contributed by atoms with van der Waals surface area (Å²) in [4.78, 5) is 37.1. The van der Waals surface area contributed by atoms with Gasteiger partial charge in [-0.1, -0.05) is 184 Å². The van der Waals surface area contributed by atoms with Crippen LogP contribution in [-0.2, 0) is 28.6 Å². The molecule has 0 aromatic heterocycles. The van der Waals surface area contributed by atoms with Crippen LogP contribution in [0.2, 0.25) is 0 Å². The molecule has 0 aliphatic rings. The monoisotopic (exact) mass is 831 g/mol. The predicted octanol–water partition coefficient (Wildman–Crippen LogP) is 13.6. The zero-order chi connectivity index (χ0) is 43.5. The van der Waals surface area contributed by atoms with Gasteiger partial charge in [-0.05, 0) is 51.4 Å². The SMILES string of the molecule is CC/C=C/C/C=C/C/C=C/C/C=C/CCCCCCCCC(=O)OC(COCCC(C(=O)O)[N+](C)(C)C)COC(=O)CCCCCCCCCCCCCCCCCC. The number of ether oxygens (including phenoxy) is 3. The summed E-state index contributed by atoms with van der Waals surface area (Å²) in [5.41, 5.74) is 0. The summed E-state index contributed by atoms with van der Waals surface area (Å²) in [5, 5.41) is 9.64. The smallest absolute Gasteiger partial charge is 0.362 e. The second kappa shape index (κ2) is 42.0. The summed E-state index contributed by atoms with van der Waals surface area (Å²) in [5.74, 6) is -1.48. The number of carbonyl (C=O) groups excluding carboxylic acids is 2. The first kappa shape index (κ1) is 56.3. The second-order valence-corrected chi connectivity index (χ2v) is 17.3. The van der Waals surface area contributed by atoms with Gasteiger partial charge in [0.25, 0.3) is 0 Å². The van der Waals surface area contributed by atoms with E-state index in [1.807, 2.05) is 21.1 Å². The van der Waals surface area contributed by atoms with Gasteiger partial charge in [-0.2, -0.15) is 0 Å². The molecule has 0 saturated carbocycles. The molecule has 0 heterocycles. The number of carboxylic acid groups (broad SMARTS) is 1. The van der Waals surface area contributed by atoms with E-state index in [-0.39, 0.29) is 36.2 Å². The number of likely N-dealkylation sites (N-methyl/N-ethyl adjacent to an activating group) is 1. The Balaban J connectivity index is 4.31. The van der Waals surface area contributed by atoms with E-state index in [2.05, 4.69) is 62.5 Å². The summed E-state index contributed by atoms with van der Waals surface area (Å²) >= 11 is 0. The molecule has 1 N–H and O–H groups in total. The van der Waals surface area contributed by atoms with E-state index < -0.39 is 18.1 Å². The number of hydrogen-bond acceptors (Lipinski definition) is 6. The van der Waals surface area contributed by atoms with Gasteiger partial charge < -0.3 is 23.8 Å². The minimum atomic E-state index is -0.877. The molecule has 0 aliphatic carbocycles. The topological polar surface area (TPSA) is 99.1 Å². The Hall–Kier alpha value is -2.71. The first-order valence-electron chi connectivity index (χ1n) is 24.2. The third-order valence-corrected chi connectivity index (χ3v) is 10.7. The van der Waals surface area contributed by atoms with Crippen molar-refractivity contribution < 1.29 is 38.2 Å². The molecule has 0 saturated heterocycles. The molecule has 0 spiro atoms. The van der Waals surface area contributed by atoms with E-state index in [4.69, 9.17) is 14.2 Å². The molecule has 0 aromatic carbocycles. The highest BCUT2D eigenvalue weighted by atomic mass is 16.6. The number of unbranched alkanes of at least 4 members (excludes halogenated alkanes) is 21. The van der Waals surface area contributed by atoms with E-state index in [0.29, 0.717) is 19.3 Å². The van der Waals surface area contributed by atoms with Crippen LogP contribution in [0.25, 0.3) is 0 Å². The Bertz CT molecular complexity index is 1110. The zero-order valence-electron chi connectivity index (χ0n) is 39.0. The van der Waals surface area contributed by atoms with Crippen molar-refractivity contribution in [3.8, 4) is 0 Å². The van der Waals surface area contributed by atoms with Crippen LogP contribution >= 0.6 is 0 Å². The number of esters is 2. The molecule has 8 heteroatoms. The summed E-state index contributed by atoms with van der Waals surface area (Å²) in [7, 11) is 5.53. The Morgan fingerprint density at radius 3 is 1.41 bits per heavy atom. The predicted molar refractivity (Wildman–Crippen MR) is 248 cm³/mol. The molecule has 0 aliphatic heterocycles. The highest BCUT2D eigenvalue weighted by molar-refractivity contribution is 5.72. The molecule has 2 atom stereocenters. The Morgan fingerprint density at radius 1 is 0.525 bits per heavy atom. The van der Waals surface area contributed by atoms with E-state index in [1.165, 1.54) is 96.3 Å². The molecule has 2 unspecified atom stereocenters. The highest BCUT2D eigenvalue weighted by Crippen LogP contribution is 2.15. The van der Waals surface area contributed by atoms with Crippen molar-refractivity contribution in [2.24, 2.45) is 0 Å². The fourth-order valence-electron chi connectivity index (χ4n) is 7.02. The number of rotatable bonds is 43. The lowest BCUT2D eigenvalue weighted by atomic mass is 10.0. The lowest BCUT2D eigenvalue weighted by molar-refractivity contribution is -0.887. The lowest BCUT2D eigenvalue weighted by Crippen LogP contribution is -2.50. The number of hydrogen-bond donors (Lipinski definition) is 1. The van der Waals surface area contributed by atoms with Gasteiger partial charge in [0.2, 0.25) is 0 Å². The molecule has 342 valence electrons.